The number of nitrogens with zero attached hydrogens (tertiary/aromatic N) is 2. The molecular formula is C28H41N5O10. The number of hydroxylamine groups is 4. The van der Waals surface area contributed by atoms with Gasteiger partial charge in [0, 0.05) is 34.2 Å². The number of nitrogens with one attached hydrogen (secondary N) is 3. The third-order valence-electron chi connectivity index (χ3n) is 5.69. The van der Waals surface area contributed by atoms with Crippen LogP contribution in [0.5, 0.6) is 0 Å². The number of hydrogen-bond acceptors (Lipinski definition) is 10. The zero-order chi connectivity index (χ0) is 32.4. The van der Waals surface area contributed by atoms with Gasteiger partial charge in [0.2, 0.25) is 11.8 Å². The average Bonchev–Trinajstić information content (AvgIpc) is 2.93. The fourth-order valence-electron chi connectivity index (χ4n) is 3.74. The van der Waals surface area contributed by atoms with Gasteiger partial charge in [-0.05, 0) is 38.2 Å². The molecule has 1 rings (SSSR count). The summed E-state index contributed by atoms with van der Waals surface area (Å²) in [6.07, 6.45) is -0.517. The first-order chi connectivity index (χ1) is 20.3. The van der Waals surface area contributed by atoms with Crippen LogP contribution in [0.2, 0.25) is 0 Å². The van der Waals surface area contributed by atoms with E-state index >= 15 is 0 Å². The third-order valence-corrected chi connectivity index (χ3v) is 5.69. The minimum absolute atomic E-state index is 0.00992. The van der Waals surface area contributed by atoms with Gasteiger partial charge in [-0.2, -0.15) is 10.1 Å². The van der Waals surface area contributed by atoms with Crippen LogP contribution in [0.3, 0.4) is 0 Å². The van der Waals surface area contributed by atoms with E-state index in [1.807, 2.05) is 6.07 Å². The van der Waals surface area contributed by atoms with Crippen molar-refractivity contribution in [2.45, 2.75) is 79.0 Å². The van der Waals surface area contributed by atoms with E-state index < -0.39 is 53.7 Å². The standard InChI is InChI=1S/C28H41N5O10/c1-6-29-26(38)24(14-10-16-32(19(2)34)42-21(4)36)30-27(39)25(15-11-17-33(20(3)35)43-22(5)37)31-28(40)41-18-23-12-8-7-9-13-23/h7-9,12-13,24-25H,6,10-11,14-18H2,1-5H3,(H,29,38)(H,30,39)(H,31,40)/t24-,25-/m0/s1. The van der Waals surface area contributed by atoms with E-state index in [9.17, 15) is 33.6 Å². The minimum atomic E-state index is -1.19. The molecule has 0 unspecified atom stereocenters. The number of rotatable bonds is 15. The predicted octanol–water partition coefficient (Wildman–Crippen LogP) is 1.12. The first kappa shape index (κ1) is 36.3. The van der Waals surface area contributed by atoms with Crippen LogP contribution >= 0.6 is 0 Å². The summed E-state index contributed by atoms with van der Waals surface area (Å²) in [6.45, 7) is 6.55. The summed E-state index contributed by atoms with van der Waals surface area (Å²) in [7, 11) is 0. The Labute approximate surface area is 250 Å². The van der Waals surface area contributed by atoms with Crippen molar-refractivity contribution < 1.29 is 48.0 Å². The maximum absolute atomic E-state index is 13.3. The van der Waals surface area contributed by atoms with Crippen molar-refractivity contribution in [2.24, 2.45) is 0 Å². The highest BCUT2D eigenvalue weighted by Gasteiger charge is 2.28. The molecule has 0 heterocycles. The lowest BCUT2D eigenvalue weighted by Crippen LogP contribution is -2.54. The number of carbonyl (C=O) groups is 7. The Bertz CT molecular complexity index is 1110. The van der Waals surface area contributed by atoms with E-state index in [4.69, 9.17) is 14.4 Å². The molecule has 15 heteroatoms. The SMILES string of the molecule is CCNC(=O)[C@H](CCCN(OC(C)=O)C(C)=O)NC(=O)[C@H](CCCN(OC(C)=O)C(C)=O)NC(=O)OCc1ccccc1. The van der Waals surface area contributed by atoms with Crippen LogP contribution in [0.15, 0.2) is 30.3 Å². The molecule has 43 heavy (non-hydrogen) atoms. The maximum Gasteiger partial charge on any atom is 0.408 e. The molecule has 0 aliphatic rings. The van der Waals surface area contributed by atoms with Crippen molar-refractivity contribution in [3.05, 3.63) is 35.9 Å². The largest absolute Gasteiger partial charge is 0.445 e. The van der Waals surface area contributed by atoms with Crippen LogP contribution in [0.1, 0.15) is 65.9 Å². The summed E-state index contributed by atoms with van der Waals surface area (Å²) in [6, 6.07) is 6.63. The van der Waals surface area contributed by atoms with Gasteiger partial charge in [0.25, 0.3) is 11.8 Å². The zero-order valence-corrected chi connectivity index (χ0v) is 25.2. The molecular weight excluding hydrogens is 566 g/mol. The van der Waals surface area contributed by atoms with E-state index in [1.165, 1.54) is 13.8 Å². The Morgan fingerprint density at radius 2 is 1.21 bits per heavy atom. The Hall–Kier alpha value is -4.69. The minimum Gasteiger partial charge on any atom is -0.445 e. The Balaban J connectivity index is 3.00. The number of benzene rings is 1. The van der Waals surface area contributed by atoms with E-state index in [-0.39, 0.29) is 51.9 Å². The molecule has 0 saturated carbocycles. The molecule has 3 N–H and O–H groups in total. The summed E-state index contributed by atoms with van der Waals surface area (Å²) < 4.78 is 5.24. The first-order valence-electron chi connectivity index (χ1n) is 13.8. The van der Waals surface area contributed by atoms with Gasteiger partial charge in [0.05, 0.1) is 13.1 Å². The fourth-order valence-corrected chi connectivity index (χ4v) is 3.74. The lowest BCUT2D eigenvalue weighted by molar-refractivity contribution is -0.195. The molecule has 0 fully saturated rings. The summed E-state index contributed by atoms with van der Waals surface area (Å²) >= 11 is 0. The summed E-state index contributed by atoms with van der Waals surface area (Å²) in [5.74, 6) is -3.64. The van der Waals surface area contributed by atoms with Gasteiger partial charge >= 0.3 is 18.0 Å². The number of hydrogen-bond donors (Lipinski definition) is 3. The molecule has 15 nitrogen and oxygen atoms in total. The zero-order valence-electron chi connectivity index (χ0n) is 25.2. The molecule has 0 radical (unpaired) electrons. The molecule has 1 aromatic carbocycles. The second-order valence-electron chi connectivity index (χ2n) is 9.41. The number of alkyl carbamates (subject to hydrolysis) is 1. The van der Waals surface area contributed by atoms with Crippen LogP contribution in [0.4, 0.5) is 4.79 Å². The van der Waals surface area contributed by atoms with Gasteiger partial charge in [-0.15, -0.1) is 0 Å². The predicted molar refractivity (Wildman–Crippen MR) is 151 cm³/mol. The molecule has 1 aromatic rings. The van der Waals surface area contributed by atoms with Crippen molar-refractivity contribution in [1.82, 2.24) is 26.1 Å². The summed E-state index contributed by atoms with van der Waals surface area (Å²) in [4.78, 5) is 94.6. The van der Waals surface area contributed by atoms with Gasteiger partial charge in [-0.3, -0.25) is 28.8 Å². The average molecular weight is 608 g/mol. The Kier molecular flexibility index (Phi) is 16.4. The molecule has 0 aliphatic carbocycles. The third kappa shape index (κ3) is 15.2. The van der Waals surface area contributed by atoms with Crippen LogP contribution in [0, 0.1) is 0 Å². The quantitative estimate of drug-likeness (QED) is 0.244. The lowest BCUT2D eigenvalue weighted by Gasteiger charge is -2.25. The smallest absolute Gasteiger partial charge is 0.408 e. The van der Waals surface area contributed by atoms with E-state index in [1.54, 1.807) is 31.2 Å². The van der Waals surface area contributed by atoms with Gasteiger partial charge in [0.1, 0.15) is 18.7 Å². The molecule has 0 spiro atoms. The second kappa shape index (κ2) is 19.4. The van der Waals surface area contributed by atoms with Crippen molar-refractivity contribution in [3.8, 4) is 0 Å². The van der Waals surface area contributed by atoms with Crippen molar-refractivity contribution >= 4 is 41.7 Å². The molecule has 2 atom stereocenters. The van der Waals surface area contributed by atoms with E-state index in [0.29, 0.717) is 0 Å². The highest BCUT2D eigenvalue weighted by molar-refractivity contribution is 5.91. The number of likely N-dealkylation sites (N-methyl/N-ethyl adjacent to an activating group) is 1. The fraction of sp³-hybridized carbons (Fsp3) is 0.536. The van der Waals surface area contributed by atoms with Crippen LogP contribution in [0.25, 0.3) is 0 Å². The van der Waals surface area contributed by atoms with Gasteiger partial charge in [0.15, 0.2) is 0 Å². The molecule has 0 saturated heterocycles. The van der Waals surface area contributed by atoms with E-state index in [0.717, 1.165) is 29.5 Å². The number of ether oxygens (including phenoxy) is 1. The number of amides is 5. The number of carbonyl (C=O) groups excluding carboxylic acids is 7. The first-order valence-corrected chi connectivity index (χ1v) is 13.8. The normalized spacial score (nSPS) is 11.7. The molecule has 0 bridgehead atoms. The topological polar surface area (TPSA) is 190 Å². The van der Waals surface area contributed by atoms with Crippen molar-refractivity contribution in [2.75, 3.05) is 19.6 Å². The molecule has 5 amide bonds. The van der Waals surface area contributed by atoms with Crippen molar-refractivity contribution in [1.29, 1.82) is 0 Å². The highest BCUT2D eigenvalue weighted by atomic mass is 16.7. The Morgan fingerprint density at radius 1 is 0.721 bits per heavy atom. The monoisotopic (exact) mass is 607 g/mol. The van der Waals surface area contributed by atoms with Gasteiger partial charge < -0.3 is 30.4 Å². The van der Waals surface area contributed by atoms with Crippen LogP contribution in [-0.2, 0) is 49.8 Å². The van der Waals surface area contributed by atoms with Gasteiger partial charge in [-0.25, -0.2) is 4.79 Å². The van der Waals surface area contributed by atoms with Crippen molar-refractivity contribution in [3.63, 3.8) is 0 Å². The molecule has 238 valence electrons. The second-order valence-corrected chi connectivity index (χ2v) is 9.41. The molecule has 0 aliphatic heterocycles. The van der Waals surface area contributed by atoms with Crippen LogP contribution < -0.4 is 16.0 Å². The van der Waals surface area contributed by atoms with Gasteiger partial charge in [-0.1, -0.05) is 30.3 Å². The molecule has 0 aromatic heterocycles. The maximum atomic E-state index is 13.3. The lowest BCUT2D eigenvalue weighted by atomic mass is 10.1. The van der Waals surface area contributed by atoms with Crippen LogP contribution in [-0.4, -0.2) is 83.5 Å². The Morgan fingerprint density at radius 3 is 1.65 bits per heavy atom. The summed E-state index contributed by atoms with van der Waals surface area (Å²) in [5.41, 5.74) is 0.724. The highest BCUT2D eigenvalue weighted by Crippen LogP contribution is 2.08. The summed E-state index contributed by atoms with van der Waals surface area (Å²) in [5, 5.41) is 9.43. The van der Waals surface area contributed by atoms with E-state index in [2.05, 4.69) is 16.0 Å².